The summed E-state index contributed by atoms with van der Waals surface area (Å²) in [7, 11) is 1.57. The number of anilines is 3. The molecule has 0 spiro atoms. The molecule has 9 heteroatoms. The standard InChI is InChI=1S/C27H28ClN5O3/c1-35-22-15-13-19(16-21(22)28)30-26-31-25(29-18-9-4-2-3-5-10-18)32-27(33-26)36-23-14-12-17-8-6-7-11-20(17)24(23)34/h6-8,11-16,18,34H,2-5,9-10H2,1H3,(H2,29,30,31,32,33). The maximum absolute atomic E-state index is 10.8. The Morgan fingerprint density at radius 1 is 0.889 bits per heavy atom. The molecule has 186 valence electrons. The number of halogens is 1. The van der Waals surface area contributed by atoms with Gasteiger partial charge in [-0.25, -0.2) is 0 Å². The third-order valence-corrected chi connectivity index (χ3v) is 6.57. The Balaban J connectivity index is 1.46. The third kappa shape index (κ3) is 5.54. The van der Waals surface area contributed by atoms with Crippen molar-refractivity contribution in [1.29, 1.82) is 0 Å². The first-order valence-electron chi connectivity index (χ1n) is 12.1. The summed E-state index contributed by atoms with van der Waals surface area (Å²) >= 11 is 6.29. The van der Waals surface area contributed by atoms with Crippen molar-refractivity contribution in [3.05, 3.63) is 59.6 Å². The Morgan fingerprint density at radius 2 is 1.64 bits per heavy atom. The molecule has 0 radical (unpaired) electrons. The summed E-state index contributed by atoms with van der Waals surface area (Å²) in [6.07, 6.45) is 6.96. The number of aromatic hydroxyl groups is 1. The third-order valence-electron chi connectivity index (χ3n) is 6.28. The second-order valence-electron chi connectivity index (χ2n) is 8.81. The zero-order valence-electron chi connectivity index (χ0n) is 20.0. The van der Waals surface area contributed by atoms with Crippen LogP contribution >= 0.6 is 11.6 Å². The van der Waals surface area contributed by atoms with Crippen molar-refractivity contribution in [3.63, 3.8) is 0 Å². The summed E-state index contributed by atoms with van der Waals surface area (Å²) in [5.74, 6) is 1.57. The predicted molar refractivity (Wildman–Crippen MR) is 142 cm³/mol. The Morgan fingerprint density at radius 3 is 2.42 bits per heavy atom. The summed E-state index contributed by atoms with van der Waals surface area (Å²) in [6, 6.07) is 16.8. The molecule has 1 aliphatic carbocycles. The molecule has 0 unspecified atom stereocenters. The van der Waals surface area contributed by atoms with Crippen LogP contribution in [0, 0.1) is 0 Å². The van der Waals surface area contributed by atoms with Crippen molar-refractivity contribution < 1.29 is 14.6 Å². The van der Waals surface area contributed by atoms with Crippen LogP contribution in [0.2, 0.25) is 5.02 Å². The van der Waals surface area contributed by atoms with Gasteiger partial charge < -0.3 is 25.2 Å². The lowest BCUT2D eigenvalue weighted by Crippen LogP contribution is -2.20. The Kier molecular flexibility index (Phi) is 7.23. The molecule has 4 aromatic rings. The molecule has 0 bridgehead atoms. The lowest BCUT2D eigenvalue weighted by atomic mass is 10.1. The summed E-state index contributed by atoms with van der Waals surface area (Å²) < 4.78 is 11.2. The number of phenols is 1. The fourth-order valence-electron chi connectivity index (χ4n) is 4.42. The van der Waals surface area contributed by atoms with Gasteiger partial charge in [-0.2, -0.15) is 15.0 Å². The molecule has 0 atom stereocenters. The monoisotopic (exact) mass is 505 g/mol. The second-order valence-corrected chi connectivity index (χ2v) is 9.22. The maximum atomic E-state index is 10.8. The quantitative estimate of drug-likeness (QED) is 0.229. The van der Waals surface area contributed by atoms with Crippen LogP contribution in [0.1, 0.15) is 38.5 Å². The number of aromatic nitrogens is 3. The minimum absolute atomic E-state index is 0.0308. The zero-order chi connectivity index (χ0) is 24.9. The van der Waals surface area contributed by atoms with Gasteiger partial charge >= 0.3 is 6.01 Å². The van der Waals surface area contributed by atoms with Gasteiger partial charge in [-0.1, -0.05) is 67.6 Å². The molecule has 5 rings (SSSR count). The first kappa shape index (κ1) is 23.9. The van der Waals surface area contributed by atoms with Crippen LogP contribution in [-0.2, 0) is 0 Å². The number of hydrogen-bond acceptors (Lipinski definition) is 8. The van der Waals surface area contributed by atoms with E-state index in [9.17, 15) is 5.11 Å². The maximum Gasteiger partial charge on any atom is 0.328 e. The van der Waals surface area contributed by atoms with Gasteiger partial charge in [0.1, 0.15) is 5.75 Å². The van der Waals surface area contributed by atoms with E-state index in [-0.39, 0.29) is 29.5 Å². The molecular formula is C27H28ClN5O3. The number of nitrogens with one attached hydrogen (secondary N) is 2. The van der Waals surface area contributed by atoms with E-state index in [0.717, 1.165) is 18.2 Å². The number of hydrogen-bond donors (Lipinski definition) is 3. The van der Waals surface area contributed by atoms with Gasteiger partial charge in [-0.15, -0.1) is 0 Å². The van der Waals surface area contributed by atoms with Crippen molar-refractivity contribution in [1.82, 2.24) is 15.0 Å². The van der Waals surface area contributed by atoms with Crippen LogP contribution < -0.4 is 20.1 Å². The highest BCUT2D eigenvalue weighted by Gasteiger charge is 2.17. The summed E-state index contributed by atoms with van der Waals surface area (Å²) in [6.45, 7) is 0. The van der Waals surface area contributed by atoms with Crippen molar-refractivity contribution in [2.75, 3.05) is 17.7 Å². The van der Waals surface area contributed by atoms with Gasteiger partial charge in [0.25, 0.3) is 0 Å². The molecule has 1 fully saturated rings. The molecule has 0 saturated heterocycles. The zero-order valence-corrected chi connectivity index (χ0v) is 20.8. The van der Waals surface area contributed by atoms with Gasteiger partial charge in [0.2, 0.25) is 11.9 Å². The van der Waals surface area contributed by atoms with Gasteiger partial charge in [0.15, 0.2) is 11.5 Å². The highest BCUT2D eigenvalue weighted by Crippen LogP contribution is 2.37. The van der Waals surface area contributed by atoms with E-state index in [1.807, 2.05) is 36.4 Å². The second kappa shape index (κ2) is 10.9. The first-order chi connectivity index (χ1) is 17.6. The molecule has 8 nitrogen and oxygen atoms in total. The highest BCUT2D eigenvalue weighted by molar-refractivity contribution is 6.32. The van der Waals surface area contributed by atoms with Crippen LogP contribution in [0.25, 0.3) is 10.8 Å². The number of methoxy groups -OCH3 is 1. The van der Waals surface area contributed by atoms with Crippen molar-refractivity contribution in [2.45, 2.75) is 44.6 Å². The average Bonchev–Trinajstić information content (AvgIpc) is 3.15. The first-order valence-corrected chi connectivity index (χ1v) is 12.5. The molecule has 1 aliphatic rings. The van der Waals surface area contributed by atoms with E-state index in [1.165, 1.54) is 25.7 Å². The number of ether oxygens (including phenoxy) is 2. The van der Waals surface area contributed by atoms with Crippen LogP contribution in [0.5, 0.6) is 23.3 Å². The van der Waals surface area contributed by atoms with Gasteiger partial charge in [0, 0.05) is 17.1 Å². The molecule has 3 aromatic carbocycles. The number of fused-ring (bicyclic) bond motifs is 1. The van der Waals surface area contributed by atoms with E-state index in [0.29, 0.717) is 27.8 Å². The van der Waals surface area contributed by atoms with Crippen molar-refractivity contribution >= 4 is 40.0 Å². The molecule has 1 heterocycles. The number of phenolic OH excluding ortho intramolecular Hbond substituents is 1. The normalized spacial score (nSPS) is 14.3. The van der Waals surface area contributed by atoms with Crippen LogP contribution in [0.4, 0.5) is 17.6 Å². The van der Waals surface area contributed by atoms with Crippen LogP contribution in [0.15, 0.2) is 54.6 Å². The average molecular weight is 506 g/mol. The largest absolute Gasteiger partial charge is 0.504 e. The van der Waals surface area contributed by atoms with Gasteiger partial charge in [-0.05, 0) is 42.5 Å². The number of rotatable bonds is 7. The molecule has 1 saturated carbocycles. The lowest BCUT2D eigenvalue weighted by molar-refractivity contribution is 0.395. The molecule has 36 heavy (non-hydrogen) atoms. The smallest absolute Gasteiger partial charge is 0.328 e. The summed E-state index contributed by atoms with van der Waals surface area (Å²) in [5.41, 5.74) is 0.687. The molecule has 0 aliphatic heterocycles. The predicted octanol–water partition coefficient (Wildman–Crippen LogP) is 7.06. The summed E-state index contributed by atoms with van der Waals surface area (Å²) in [4.78, 5) is 13.5. The molecule has 1 aromatic heterocycles. The topological polar surface area (TPSA) is 101 Å². The lowest BCUT2D eigenvalue weighted by Gasteiger charge is -2.17. The van der Waals surface area contributed by atoms with Crippen molar-refractivity contribution in [2.24, 2.45) is 0 Å². The fourth-order valence-corrected chi connectivity index (χ4v) is 4.68. The Labute approximate surface area is 214 Å². The minimum atomic E-state index is 0.0308. The van der Waals surface area contributed by atoms with E-state index in [2.05, 4.69) is 25.6 Å². The number of nitrogens with zero attached hydrogens (tertiary/aromatic N) is 3. The van der Waals surface area contributed by atoms with E-state index in [4.69, 9.17) is 21.1 Å². The number of benzene rings is 3. The Hall–Kier alpha value is -3.78. The molecular weight excluding hydrogens is 478 g/mol. The van der Waals surface area contributed by atoms with Crippen LogP contribution in [-0.4, -0.2) is 33.2 Å². The summed E-state index contributed by atoms with van der Waals surface area (Å²) in [5, 5.41) is 19.5. The van der Waals surface area contributed by atoms with E-state index >= 15 is 0 Å². The van der Waals surface area contributed by atoms with Crippen LogP contribution in [0.3, 0.4) is 0 Å². The Bertz CT molecular complexity index is 1360. The molecule has 0 amide bonds. The highest BCUT2D eigenvalue weighted by atomic mass is 35.5. The van der Waals surface area contributed by atoms with Gasteiger partial charge in [0.05, 0.1) is 12.1 Å². The SMILES string of the molecule is COc1ccc(Nc2nc(NC3CCCCCC3)nc(Oc3ccc4ccccc4c3O)n2)cc1Cl. The fraction of sp³-hybridized carbons (Fsp3) is 0.296. The van der Waals surface area contributed by atoms with Crippen molar-refractivity contribution in [3.8, 4) is 23.3 Å². The van der Waals surface area contributed by atoms with E-state index in [1.54, 1.807) is 25.3 Å². The molecule has 3 N–H and O–H groups in total. The minimum Gasteiger partial charge on any atom is -0.504 e. The van der Waals surface area contributed by atoms with E-state index < -0.39 is 0 Å². The van der Waals surface area contributed by atoms with Gasteiger partial charge in [-0.3, -0.25) is 0 Å².